The van der Waals surface area contributed by atoms with E-state index >= 15 is 0 Å². The number of fused-ring (bicyclic) bond motifs is 3. The smallest absolute Gasteiger partial charge is 0.433 e. The van der Waals surface area contributed by atoms with E-state index in [0.717, 1.165) is 29.0 Å². The Hall–Kier alpha value is -3.61. The van der Waals surface area contributed by atoms with Crippen molar-refractivity contribution >= 4 is 11.6 Å². The Labute approximate surface area is 154 Å². The Morgan fingerprint density at radius 2 is 1.81 bits per heavy atom. The molecule has 2 atom stereocenters. The van der Waals surface area contributed by atoms with E-state index in [-0.39, 0.29) is 11.9 Å². The molecule has 0 bridgehead atoms. The second kappa shape index (κ2) is 5.98. The van der Waals surface area contributed by atoms with Crippen molar-refractivity contribution in [3.63, 3.8) is 0 Å². The monoisotopic (exact) mass is 361 g/mol. The van der Waals surface area contributed by atoms with Crippen LogP contribution in [0.5, 0.6) is 5.75 Å². The fourth-order valence-electron chi connectivity index (χ4n) is 3.60. The van der Waals surface area contributed by atoms with E-state index in [2.05, 4.69) is 0 Å². The van der Waals surface area contributed by atoms with Gasteiger partial charge in [-0.05, 0) is 17.7 Å². The first-order valence-corrected chi connectivity index (χ1v) is 8.61. The van der Waals surface area contributed by atoms with Crippen LogP contribution in [-0.2, 0) is 0 Å². The molecule has 2 aliphatic rings. The third-order valence-electron chi connectivity index (χ3n) is 4.84. The maximum atomic E-state index is 11.0. The zero-order chi connectivity index (χ0) is 18.4. The second-order valence-electron chi connectivity index (χ2n) is 6.45. The summed E-state index contributed by atoms with van der Waals surface area (Å²) in [6.45, 7) is 0. The summed E-state index contributed by atoms with van der Waals surface area (Å²) in [5.41, 5.74) is 3.05. The van der Waals surface area contributed by atoms with Gasteiger partial charge in [-0.3, -0.25) is 10.1 Å². The van der Waals surface area contributed by atoms with Crippen LogP contribution in [-0.4, -0.2) is 15.6 Å². The molecule has 0 saturated carbocycles. The number of furan rings is 1. The van der Waals surface area contributed by atoms with Crippen molar-refractivity contribution in [2.24, 2.45) is 5.10 Å². The van der Waals surface area contributed by atoms with Gasteiger partial charge in [-0.1, -0.05) is 48.5 Å². The lowest BCUT2D eigenvalue weighted by molar-refractivity contribution is -0.402. The number of hydrogen-bond acceptors (Lipinski definition) is 6. The van der Waals surface area contributed by atoms with Crippen LogP contribution in [0.2, 0.25) is 0 Å². The minimum absolute atomic E-state index is 0.0145. The Morgan fingerprint density at radius 3 is 2.59 bits per heavy atom. The van der Waals surface area contributed by atoms with Crippen LogP contribution in [0.4, 0.5) is 5.88 Å². The molecule has 7 heteroatoms. The highest BCUT2D eigenvalue weighted by Gasteiger charge is 2.42. The number of benzene rings is 2. The molecule has 3 aromatic rings. The molecule has 0 amide bonds. The van der Waals surface area contributed by atoms with Crippen molar-refractivity contribution in [2.45, 2.75) is 18.7 Å². The number of ether oxygens (including phenoxy) is 1. The van der Waals surface area contributed by atoms with Gasteiger partial charge in [0.15, 0.2) is 5.76 Å². The van der Waals surface area contributed by atoms with E-state index in [1.54, 1.807) is 6.07 Å². The molecule has 1 aromatic heterocycles. The van der Waals surface area contributed by atoms with Gasteiger partial charge in [-0.2, -0.15) is 5.10 Å². The minimum atomic E-state index is -0.653. The highest BCUT2D eigenvalue weighted by atomic mass is 16.7. The van der Waals surface area contributed by atoms with Crippen LogP contribution < -0.4 is 4.74 Å². The van der Waals surface area contributed by atoms with Crippen LogP contribution in [0.3, 0.4) is 0 Å². The van der Waals surface area contributed by atoms with Gasteiger partial charge < -0.3 is 9.15 Å². The lowest BCUT2D eigenvalue weighted by atomic mass is 9.96. The van der Waals surface area contributed by atoms with Crippen molar-refractivity contribution in [2.75, 3.05) is 0 Å². The standard InChI is InChI=1S/C20H15N3O4/c24-23(25)19-11-10-18(26-19)20-22-16(14-8-4-5-9-17(14)27-20)12-15(21-22)13-6-2-1-3-7-13/h1-11,16,20H,12H2/t16-,20+/m1/s1. The third-order valence-corrected chi connectivity index (χ3v) is 4.84. The van der Waals surface area contributed by atoms with Crippen molar-refractivity contribution in [3.05, 3.63) is 93.7 Å². The fourth-order valence-corrected chi connectivity index (χ4v) is 3.60. The highest BCUT2D eigenvalue weighted by molar-refractivity contribution is 6.01. The maximum Gasteiger partial charge on any atom is 0.433 e. The minimum Gasteiger partial charge on any atom is -0.461 e. The van der Waals surface area contributed by atoms with Gasteiger partial charge in [0.05, 0.1) is 17.8 Å². The lowest BCUT2D eigenvalue weighted by Gasteiger charge is -2.36. The zero-order valence-corrected chi connectivity index (χ0v) is 14.2. The molecule has 0 spiro atoms. The molecule has 0 radical (unpaired) electrons. The van der Waals surface area contributed by atoms with Crippen LogP contribution in [0.15, 0.2) is 76.2 Å². The predicted octanol–water partition coefficient (Wildman–Crippen LogP) is 4.43. The summed E-state index contributed by atoms with van der Waals surface area (Å²) in [4.78, 5) is 10.4. The van der Waals surface area contributed by atoms with Crippen molar-refractivity contribution in [1.82, 2.24) is 5.01 Å². The van der Waals surface area contributed by atoms with Gasteiger partial charge in [-0.15, -0.1) is 0 Å². The summed E-state index contributed by atoms with van der Waals surface area (Å²) in [6.07, 6.45) is 0.0729. The first-order valence-electron chi connectivity index (χ1n) is 8.61. The first kappa shape index (κ1) is 15.6. The first-order chi connectivity index (χ1) is 13.2. The molecular formula is C20H15N3O4. The number of nitro groups is 1. The van der Waals surface area contributed by atoms with E-state index in [1.807, 2.05) is 59.6 Å². The molecule has 0 N–H and O–H groups in total. The summed E-state index contributed by atoms with van der Waals surface area (Å²) in [6, 6.07) is 20.7. The van der Waals surface area contributed by atoms with Crippen LogP contribution in [0.25, 0.3) is 0 Å². The average Bonchev–Trinajstić information content (AvgIpc) is 3.36. The molecule has 5 rings (SSSR count). The highest BCUT2D eigenvalue weighted by Crippen LogP contribution is 2.47. The maximum absolute atomic E-state index is 11.0. The molecule has 0 fully saturated rings. The van der Waals surface area contributed by atoms with E-state index < -0.39 is 11.2 Å². The SMILES string of the molecule is O=[N+]([O-])c1ccc([C@@H]2Oc3ccccc3[C@H]3CC(c4ccccc4)=NN32)o1. The molecule has 7 nitrogen and oxygen atoms in total. The largest absolute Gasteiger partial charge is 0.461 e. The van der Waals surface area contributed by atoms with Crippen molar-refractivity contribution < 1.29 is 14.1 Å². The van der Waals surface area contributed by atoms with Crippen LogP contribution in [0.1, 0.15) is 35.6 Å². The summed E-state index contributed by atoms with van der Waals surface area (Å²) < 4.78 is 11.5. The summed E-state index contributed by atoms with van der Waals surface area (Å²) in [5, 5.41) is 17.6. The van der Waals surface area contributed by atoms with E-state index in [0.29, 0.717) is 5.76 Å². The average molecular weight is 361 g/mol. The van der Waals surface area contributed by atoms with E-state index in [9.17, 15) is 10.1 Å². The van der Waals surface area contributed by atoms with Gasteiger partial charge in [0.25, 0.3) is 0 Å². The van der Waals surface area contributed by atoms with Crippen molar-refractivity contribution in [1.29, 1.82) is 0 Å². The van der Waals surface area contributed by atoms with Gasteiger partial charge in [-0.25, -0.2) is 5.01 Å². The van der Waals surface area contributed by atoms with Gasteiger partial charge in [0, 0.05) is 12.0 Å². The van der Waals surface area contributed by atoms with Crippen LogP contribution in [0, 0.1) is 10.1 Å². The van der Waals surface area contributed by atoms with E-state index in [4.69, 9.17) is 14.3 Å². The molecule has 27 heavy (non-hydrogen) atoms. The van der Waals surface area contributed by atoms with Crippen LogP contribution >= 0.6 is 0 Å². The van der Waals surface area contributed by atoms with Gasteiger partial charge >= 0.3 is 5.88 Å². The fraction of sp³-hybridized carbons (Fsp3) is 0.150. The molecule has 0 aliphatic carbocycles. The Balaban J connectivity index is 1.59. The summed E-state index contributed by atoms with van der Waals surface area (Å²) in [7, 11) is 0. The number of para-hydroxylation sites is 1. The predicted molar refractivity (Wildman–Crippen MR) is 97.3 cm³/mol. The quantitative estimate of drug-likeness (QED) is 0.509. The van der Waals surface area contributed by atoms with Gasteiger partial charge in [0.1, 0.15) is 10.7 Å². The molecule has 0 saturated heterocycles. The van der Waals surface area contributed by atoms with E-state index in [1.165, 1.54) is 6.07 Å². The number of nitrogens with zero attached hydrogens (tertiary/aromatic N) is 3. The Morgan fingerprint density at radius 1 is 1.04 bits per heavy atom. The topological polar surface area (TPSA) is 81.1 Å². The Kier molecular flexibility index (Phi) is 3.46. The van der Waals surface area contributed by atoms with Gasteiger partial charge in [0.2, 0.25) is 6.23 Å². The molecule has 2 aliphatic heterocycles. The van der Waals surface area contributed by atoms with Crippen molar-refractivity contribution in [3.8, 4) is 5.75 Å². The summed E-state index contributed by atoms with van der Waals surface area (Å²) >= 11 is 0. The molecular weight excluding hydrogens is 346 g/mol. The Bertz CT molecular complexity index is 1040. The number of hydrazone groups is 1. The second-order valence-corrected chi connectivity index (χ2v) is 6.45. The zero-order valence-electron chi connectivity index (χ0n) is 14.2. The lowest BCUT2D eigenvalue weighted by Crippen LogP contribution is -2.33. The summed E-state index contributed by atoms with van der Waals surface area (Å²) in [5.74, 6) is 0.794. The molecule has 3 heterocycles. The number of hydrogen-bond donors (Lipinski definition) is 0. The number of rotatable bonds is 3. The molecule has 2 aromatic carbocycles. The molecule has 0 unspecified atom stereocenters. The molecule has 134 valence electrons. The normalized spacial score (nSPS) is 20.4. The third kappa shape index (κ3) is 2.55.